The molecule has 0 fully saturated rings. The minimum absolute atomic E-state index is 0. The summed E-state index contributed by atoms with van der Waals surface area (Å²) in [6.07, 6.45) is -0.724. The van der Waals surface area contributed by atoms with Crippen LogP contribution in [-0.4, -0.2) is 85.0 Å². The van der Waals surface area contributed by atoms with Crippen molar-refractivity contribution in [1.29, 1.82) is 0 Å². The second kappa shape index (κ2) is 26.4. The van der Waals surface area contributed by atoms with Crippen molar-refractivity contribution in [3.63, 3.8) is 0 Å². The second-order valence-corrected chi connectivity index (χ2v) is 17.2. The zero-order chi connectivity index (χ0) is 44.9. The van der Waals surface area contributed by atoms with E-state index in [1.807, 2.05) is 30.3 Å². The molecule has 0 radical (unpaired) electrons. The number of benzene rings is 4. The molecule has 0 bridgehead atoms. The van der Waals surface area contributed by atoms with Crippen molar-refractivity contribution < 1.29 is 79.1 Å². The van der Waals surface area contributed by atoms with Gasteiger partial charge in [0.2, 0.25) is 0 Å². The summed E-state index contributed by atoms with van der Waals surface area (Å²) in [6.45, 7) is 11.0. The molecule has 2 aliphatic heterocycles. The summed E-state index contributed by atoms with van der Waals surface area (Å²) in [5.41, 5.74) is 2.05. The van der Waals surface area contributed by atoms with E-state index >= 15 is 0 Å². The fourth-order valence-electron chi connectivity index (χ4n) is 5.91. The van der Waals surface area contributed by atoms with Gasteiger partial charge in [0.15, 0.2) is 0 Å². The van der Waals surface area contributed by atoms with Crippen LogP contribution in [0.5, 0.6) is 17.2 Å². The molecule has 2 unspecified atom stereocenters. The Kier molecular flexibility index (Phi) is 24.5. The third kappa shape index (κ3) is 18.7. The van der Waals surface area contributed by atoms with Crippen LogP contribution in [0.2, 0.25) is 10.0 Å². The predicted molar refractivity (Wildman–Crippen MR) is 243 cm³/mol. The van der Waals surface area contributed by atoms with Crippen LogP contribution >= 0.6 is 39.1 Å². The molecule has 0 saturated carbocycles. The number of nitrogens with zero attached hydrogens (tertiary/aromatic N) is 2. The number of esters is 1. The van der Waals surface area contributed by atoms with Crippen molar-refractivity contribution in [2.45, 2.75) is 106 Å². The Bertz CT molecular complexity index is 2120. The summed E-state index contributed by atoms with van der Waals surface area (Å²) in [5, 5.41) is 32.5. The van der Waals surface area contributed by atoms with Crippen LogP contribution in [0.15, 0.2) is 89.4 Å². The van der Waals surface area contributed by atoms with E-state index in [0.29, 0.717) is 16.5 Å². The Morgan fingerprint density at radius 2 is 1.14 bits per heavy atom. The molecule has 4 aromatic carbocycles. The van der Waals surface area contributed by atoms with Crippen molar-refractivity contribution in [2.75, 3.05) is 7.11 Å². The summed E-state index contributed by atoms with van der Waals surface area (Å²) in [7, 11) is 1.29. The molecule has 0 spiro atoms. The van der Waals surface area contributed by atoms with E-state index in [2.05, 4.69) is 15.9 Å². The third-order valence-electron chi connectivity index (χ3n) is 8.46. The maximum absolute atomic E-state index is 12.5. The average Bonchev–Trinajstić information content (AvgIpc) is 3.16. The van der Waals surface area contributed by atoms with Gasteiger partial charge in [-0.3, -0.25) is 20.3 Å². The number of carboxylic acids is 1. The van der Waals surface area contributed by atoms with Crippen LogP contribution in [-0.2, 0) is 49.7 Å². The Labute approximate surface area is 401 Å². The van der Waals surface area contributed by atoms with Crippen LogP contribution in [0.4, 0.5) is 9.59 Å². The number of carbonyl (C=O) groups is 4. The molecule has 6 rings (SSSR count). The molecular formula is C45H58BrCl2LiN2O12. The normalized spacial score (nSPS) is 14.7. The number of carboxylic acid groups (broad SMARTS) is 1. The number of fused-ring (bicyclic) bond motifs is 2. The van der Waals surface area contributed by atoms with Crippen molar-refractivity contribution in [3.05, 3.63) is 122 Å². The van der Waals surface area contributed by atoms with Gasteiger partial charge < -0.3 is 30.6 Å². The van der Waals surface area contributed by atoms with Crippen molar-refractivity contribution in [1.82, 2.24) is 9.80 Å². The van der Waals surface area contributed by atoms with Gasteiger partial charge in [-0.05, 0) is 124 Å². The van der Waals surface area contributed by atoms with E-state index in [1.54, 1.807) is 96.1 Å². The van der Waals surface area contributed by atoms with Crippen LogP contribution in [0.3, 0.4) is 0 Å². The summed E-state index contributed by atoms with van der Waals surface area (Å²) >= 11 is 14.9. The molecule has 14 nitrogen and oxygen atoms in total. The van der Waals surface area contributed by atoms with Gasteiger partial charge >= 0.3 is 43.0 Å². The molecule has 2 atom stereocenters. The summed E-state index contributed by atoms with van der Waals surface area (Å²) < 4.78 is 22.4. The van der Waals surface area contributed by atoms with E-state index in [0.717, 1.165) is 31.7 Å². The Hall–Kier alpha value is -4.46. The number of ether oxygens (including phenoxy) is 4. The van der Waals surface area contributed by atoms with E-state index in [4.69, 9.17) is 52.7 Å². The van der Waals surface area contributed by atoms with E-state index < -0.39 is 47.4 Å². The number of rotatable bonds is 4. The molecular weight excluding hydrogens is 918 g/mol. The number of aliphatic carboxylic acids is 1. The van der Waals surface area contributed by atoms with Crippen LogP contribution in [0, 0.1) is 0 Å². The van der Waals surface area contributed by atoms with Gasteiger partial charge in [0.05, 0.1) is 20.2 Å². The maximum atomic E-state index is 12.5. The monoisotopic (exact) mass is 974 g/mol. The number of carbonyl (C=O) groups excluding carboxylic acids is 3. The van der Waals surface area contributed by atoms with Crippen LogP contribution in [0.1, 0.15) is 80.1 Å². The summed E-state index contributed by atoms with van der Waals surface area (Å²) in [5.74, 6) is -0.269. The molecule has 2 aliphatic rings. The fourth-order valence-corrected chi connectivity index (χ4v) is 6.81. The molecule has 0 saturated heterocycles. The smallest absolute Gasteiger partial charge is 1.00 e. The van der Waals surface area contributed by atoms with E-state index in [9.17, 15) is 29.4 Å². The largest absolute Gasteiger partial charge is 1.00 e. The topological polar surface area (TPSA) is 193 Å². The van der Waals surface area contributed by atoms with Crippen molar-refractivity contribution >= 4 is 63.3 Å². The number of phenolic OH excluding ortho intramolecular Hbond substituents is 1. The quantitative estimate of drug-likeness (QED) is 0.0501. The third-order valence-corrected chi connectivity index (χ3v) is 9.42. The first kappa shape index (κ1) is 58.5. The second-order valence-electron chi connectivity index (χ2n) is 15.4. The zero-order valence-electron chi connectivity index (χ0n) is 36.1. The Morgan fingerprint density at radius 3 is 1.60 bits per heavy atom. The molecule has 4 N–H and O–H groups in total. The Morgan fingerprint density at radius 1 is 0.683 bits per heavy atom. The predicted octanol–water partition coefficient (Wildman–Crippen LogP) is 8.61. The Balaban J connectivity index is 0. The maximum Gasteiger partial charge on any atom is 1.00 e. The van der Waals surface area contributed by atoms with Crippen LogP contribution < -0.4 is 23.6 Å². The SMILES string of the molecule is C.C.CC(C)(C)OC(=O)N1Cc2ccc(Oc3cccc(Cl)c3)cc2CC1C(=O)O.COC(=O)C1Cc2cc(O)ccc2CN1C(=O)OC(C)(C)C.Clc1cccc(Br)c1.OO.[H-].[Li+]. The number of halogens is 3. The number of phenols is 1. The molecule has 18 heteroatoms. The summed E-state index contributed by atoms with van der Waals surface area (Å²) in [4.78, 5) is 51.2. The van der Waals surface area contributed by atoms with Crippen LogP contribution in [0.25, 0.3) is 0 Å². The molecule has 0 aromatic heterocycles. The van der Waals surface area contributed by atoms with Gasteiger partial charge in [-0.1, -0.05) is 78.3 Å². The first-order valence-electron chi connectivity index (χ1n) is 18.4. The van der Waals surface area contributed by atoms with Gasteiger partial charge in [0.25, 0.3) is 0 Å². The molecule has 2 amide bonds. The molecule has 342 valence electrons. The number of hydrogen-bond acceptors (Lipinski definition) is 11. The minimum Gasteiger partial charge on any atom is -1.00 e. The number of amides is 2. The zero-order valence-corrected chi connectivity index (χ0v) is 38.2. The van der Waals surface area contributed by atoms with Gasteiger partial charge in [0.1, 0.15) is 40.5 Å². The number of hydrogen-bond donors (Lipinski definition) is 4. The van der Waals surface area contributed by atoms with E-state index in [-0.39, 0.29) is 66.8 Å². The fraction of sp³-hybridized carbons (Fsp3) is 0.378. The number of methoxy groups -OCH3 is 1. The standard InChI is InChI=1S/C21H22ClNO5.C16H21NO5.C6H4BrCl.2CH4.Li.H2O2.H/c1-21(2,3)28-20(26)23-12-13-7-8-17(9-14(13)10-18(23)19(24)25)27-16-6-4-5-15(22)11-16;1-16(2,3)22-15(20)17-9-10-5-6-12(18)7-11(10)8-13(17)14(19)21-4;7-5-2-1-3-6(8)4-5;;;;1-2;/h4-9,11,18H,10,12H2,1-3H3,(H,24,25);5-7,13,18H,8-9H2,1-4H3;1-4H;2*1H4;;1-2H;/q;;;;;+1;;-1. The number of aromatic hydroxyl groups is 1. The van der Waals surface area contributed by atoms with Gasteiger partial charge in [-0.2, -0.15) is 0 Å². The van der Waals surface area contributed by atoms with Gasteiger partial charge in [-0.25, -0.2) is 19.2 Å². The first-order chi connectivity index (χ1) is 28.1. The van der Waals surface area contributed by atoms with E-state index in [1.165, 1.54) is 16.9 Å². The molecule has 63 heavy (non-hydrogen) atoms. The minimum atomic E-state index is -1.07. The van der Waals surface area contributed by atoms with Crippen molar-refractivity contribution in [3.8, 4) is 17.2 Å². The van der Waals surface area contributed by atoms with Crippen molar-refractivity contribution in [2.24, 2.45) is 0 Å². The molecule has 4 aromatic rings. The first-order valence-corrected chi connectivity index (χ1v) is 19.9. The average molecular weight is 977 g/mol. The van der Waals surface area contributed by atoms with Gasteiger partial charge in [0, 0.05) is 27.4 Å². The molecule has 0 aliphatic carbocycles. The molecule has 2 heterocycles. The summed E-state index contributed by atoms with van der Waals surface area (Å²) in [6, 6.07) is 23.1. The van der Waals surface area contributed by atoms with Gasteiger partial charge in [-0.15, -0.1) is 0 Å².